The number of sulfonamides is 1. The predicted molar refractivity (Wildman–Crippen MR) is 210 cm³/mol. The van der Waals surface area contributed by atoms with E-state index in [9.17, 15) is 13.2 Å². The van der Waals surface area contributed by atoms with Crippen LogP contribution in [0.4, 0.5) is 10.1 Å². The van der Waals surface area contributed by atoms with Gasteiger partial charge < -0.3 is 19.1 Å². The van der Waals surface area contributed by atoms with Crippen molar-refractivity contribution in [2.24, 2.45) is 23.7 Å². The maximum atomic E-state index is 15.6. The summed E-state index contributed by atoms with van der Waals surface area (Å²) in [6.45, 7) is 11.7. The Balaban J connectivity index is 1.11. The molecule has 3 fully saturated rings. The highest BCUT2D eigenvalue weighted by molar-refractivity contribution is 7.90. The van der Waals surface area contributed by atoms with Crippen LogP contribution in [-0.2, 0) is 31.3 Å². The Labute approximate surface area is 329 Å². The van der Waals surface area contributed by atoms with Crippen molar-refractivity contribution < 1.29 is 31.8 Å². The fraction of sp³-hybridized carbons (Fsp3) is 0.643. The van der Waals surface area contributed by atoms with Crippen LogP contribution in [0.25, 0.3) is 0 Å². The molecule has 1 N–H and O–H groups in total. The van der Waals surface area contributed by atoms with Crippen LogP contribution in [0.15, 0.2) is 42.0 Å². The van der Waals surface area contributed by atoms with Crippen molar-refractivity contribution in [3.63, 3.8) is 0 Å². The van der Waals surface area contributed by atoms with E-state index in [1.807, 2.05) is 20.1 Å². The molecule has 0 radical (unpaired) electrons. The maximum Gasteiger partial charge on any atom is 0.264 e. The number of piperazine rings is 1. The first kappa shape index (κ1) is 37.8. The molecular formula is C42H54ClFN4O6S. The molecule has 1 amide bonds. The van der Waals surface area contributed by atoms with Crippen molar-refractivity contribution in [1.29, 1.82) is 0 Å². The Morgan fingerprint density at radius 3 is 2.56 bits per heavy atom. The molecule has 2 aromatic rings. The number of fused-ring (bicyclic) bond motifs is 6. The van der Waals surface area contributed by atoms with Gasteiger partial charge in [-0.25, -0.2) is 17.5 Å². The Kier molecular flexibility index (Phi) is 9.81. The third-order valence-electron chi connectivity index (χ3n) is 14.8. The van der Waals surface area contributed by atoms with E-state index in [1.54, 1.807) is 31.2 Å². The van der Waals surface area contributed by atoms with Crippen molar-refractivity contribution in [3.8, 4) is 5.75 Å². The van der Waals surface area contributed by atoms with E-state index >= 15 is 4.39 Å². The zero-order valence-corrected chi connectivity index (χ0v) is 33.8. The summed E-state index contributed by atoms with van der Waals surface area (Å²) >= 11 is 6.32. The lowest BCUT2D eigenvalue weighted by Gasteiger charge is -2.56. The van der Waals surface area contributed by atoms with Gasteiger partial charge in [-0.1, -0.05) is 30.7 Å². The molecular weight excluding hydrogens is 743 g/mol. The molecule has 3 aliphatic carbocycles. The highest BCUT2D eigenvalue weighted by Gasteiger charge is 2.55. The number of hydrogen-bond acceptors (Lipinski definition) is 9. The first-order valence-corrected chi connectivity index (χ1v) is 22.2. The van der Waals surface area contributed by atoms with Gasteiger partial charge in [0.15, 0.2) is 0 Å². The van der Waals surface area contributed by atoms with Crippen molar-refractivity contribution in [1.82, 2.24) is 14.5 Å². The molecule has 5 heterocycles. The van der Waals surface area contributed by atoms with Gasteiger partial charge in [-0.3, -0.25) is 14.6 Å². The number of amides is 1. The molecule has 4 bridgehead atoms. The van der Waals surface area contributed by atoms with Crippen LogP contribution in [0.1, 0.15) is 67.4 Å². The molecule has 13 heteroatoms. The standard InChI is InChI=1S/C42H54ClFN4O6S/c1-26-27(2)55(50,51)45-40(49)28-7-11-38-37(19-28)48(23-41(25-54-38)12-4-5-33-35(41)9-10-36(43)39(33)44)20-29-6-8-34(29)42(52-3,31-17-30(26)18-31)24-46-13-15-47(16-14-46)32-21-53-22-32/h7,9-11,17,19,26-27,29-30,32,34H,4-6,8,12-16,18,20-25H2,1-3H3,(H,45,49)/t26-,27-,29+,30-,34-,41+,42+/m1/s1. The van der Waals surface area contributed by atoms with E-state index < -0.39 is 32.2 Å². The van der Waals surface area contributed by atoms with Crippen LogP contribution < -0.4 is 14.4 Å². The Hall–Kier alpha value is -2.74. The summed E-state index contributed by atoms with van der Waals surface area (Å²) in [5.41, 5.74) is 2.85. The summed E-state index contributed by atoms with van der Waals surface area (Å²) in [5, 5.41) is -0.655. The van der Waals surface area contributed by atoms with Crippen LogP contribution in [0.3, 0.4) is 0 Å². The number of anilines is 1. The van der Waals surface area contributed by atoms with Crippen molar-refractivity contribution in [3.05, 3.63) is 69.5 Å². The number of carbonyl (C=O) groups excluding carboxylic acids is 1. The zero-order valence-electron chi connectivity index (χ0n) is 32.2. The number of methoxy groups -OCH3 is 1. The molecule has 2 saturated heterocycles. The van der Waals surface area contributed by atoms with Gasteiger partial charge in [0.05, 0.1) is 41.8 Å². The van der Waals surface area contributed by atoms with Gasteiger partial charge in [0, 0.05) is 63.9 Å². The number of halogens is 2. The van der Waals surface area contributed by atoms with Crippen LogP contribution in [-0.4, -0.2) is 114 Å². The third kappa shape index (κ3) is 6.41. The molecule has 298 valence electrons. The summed E-state index contributed by atoms with van der Waals surface area (Å²) in [6.07, 6.45) is 7.35. The van der Waals surface area contributed by atoms with Crippen LogP contribution in [0.2, 0.25) is 5.02 Å². The molecule has 0 aromatic heterocycles. The predicted octanol–water partition coefficient (Wildman–Crippen LogP) is 5.42. The number of carbonyl (C=O) groups is 1. The second-order valence-electron chi connectivity index (χ2n) is 17.5. The quantitative estimate of drug-likeness (QED) is 0.407. The number of nitrogens with zero attached hydrogens (tertiary/aromatic N) is 3. The SMILES string of the molecule is CO[C@@]1(CN2CCN(C3COC3)CC2)C2=C[C@H](C2)[C@H](C)[C@@H](C)S(=O)(=O)NC(=O)c2ccc3c(c2)N(C[C@@H]2CC[C@H]21)C[C@@]1(CCCc2c1ccc(Cl)c2F)CO3. The minimum atomic E-state index is -4.00. The molecule has 7 atom stereocenters. The maximum absolute atomic E-state index is 15.6. The van der Waals surface area contributed by atoms with Gasteiger partial charge in [0.1, 0.15) is 17.2 Å². The smallest absolute Gasteiger partial charge is 0.264 e. The Morgan fingerprint density at radius 2 is 1.87 bits per heavy atom. The minimum absolute atomic E-state index is 0.0573. The second kappa shape index (κ2) is 14.3. The Morgan fingerprint density at radius 1 is 1.09 bits per heavy atom. The molecule has 2 aromatic carbocycles. The monoisotopic (exact) mass is 796 g/mol. The van der Waals surface area contributed by atoms with E-state index in [2.05, 4.69) is 25.5 Å². The fourth-order valence-electron chi connectivity index (χ4n) is 10.9. The summed E-state index contributed by atoms with van der Waals surface area (Å²) in [5.74, 6) is 0.000451. The van der Waals surface area contributed by atoms with E-state index in [1.165, 1.54) is 5.57 Å². The van der Waals surface area contributed by atoms with Gasteiger partial charge in [0.2, 0.25) is 10.0 Å². The molecule has 10 rings (SSSR count). The van der Waals surface area contributed by atoms with Crippen LogP contribution in [0, 0.1) is 29.5 Å². The first-order chi connectivity index (χ1) is 26.4. The topological polar surface area (TPSA) is 101 Å². The van der Waals surface area contributed by atoms with Gasteiger partial charge in [-0.15, -0.1) is 0 Å². The van der Waals surface area contributed by atoms with Crippen molar-refractivity contribution >= 4 is 33.2 Å². The lowest BCUT2D eigenvalue weighted by Crippen LogP contribution is -2.63. The normalized spacial score (nSPS) is 35.1. The second-order valence-corrected chi connectivity index (χ2v) is 20.0. The first-order valence-electron chi connectivity index (χ1n) is 20.3. The van der Waals surface area contributed by atoms with Gasteiger partial charge in [0.25, 0.3) is 5.91 Å². The number of ether oxygens (including phenoxy) is 3. The number of rotatable bonds is 4. The highest BCUT2D eigenvalue weighted by atomic mass is 35.5. The molecule has 1 saturated carbocycles. The van der Waals surface area contributed by atoms with Crippen LogP contribution in [0.5, 0.6) is 5.75 Å². The van der Waals surface area contributed by atoms with E-state index in [4.69, 9.17) is 25.8 Å². The molecule has 0 unspecified atom stereocenters. The number of nitrogens with one attached hydrogen (secondary N) is 1. The largest absolute Gasteiger partial charge is 0.490 e. The molecule has 8 aliphatic rings. The van der Waals surface area contributed by atoms with Crippen molar-refractivity contribution in [2.75, 3.05) is 77.6 Å². The van der Waals surface area contributed by atoms with Gasteiger partial charge >= 0.3 is 0 Å². The van der Waals surface area contributed by atoms with E-state index in [-0.39, 0.29) is 40.1 Å². The average Bonchev–Trinajstić information content (AvgIpc) is 3.26. The van der Waals surface area contributed by atoms with E-state index in [0.29, 0.717) is 43.5 Å². The summed E-state index contributed by atoms with van der Waals surface area (Å²) in [6, 6.07) is 9.37. The number of benzene rings is 2. The summed E-state index contributed by atoms with van der Waals surface area (Å²) in [4.78, 5) is 21.2. The molecule has 55 heavy (non-hydrogen) atoms. The average molecular weight is 797 g/mol. The summed E-state index contributed by atoms with van der Waals surface area (Å²) in [7, 11) is -2.13. The van der Waals surface area contributed by atoms with Crippen LogP contribution >= 0.6 is 11.6 Å². The molecule has 1 spiro atoms. The van der Waals surface area contributed by atoms with Gasteiger partial charge in [-0.05, 0) is 110 Å². The third-order valence-corrected chi connectivity index (χ3v) is 17.0. The van der Waals surface area contributed by atoms with Crippen molar-refractivity contribution in [2.45, 2.75) is 74.7 Å². The minimum Gasteiger partial charge on any atom is -0.490 e. The fourth-order valence-corrected chi connectivity index (χ4v) is 12.4. The Bertz CT molecular complexity index is 1990. The number of allylic oxidation sites excluding steroid dienone is 1. The number of hydrogen-bond donors (Lipinski definition) is 1. The zero-order chi connectivity index (χ0) is 38.3. The lowest BCUT2D eigenvalue weighted by atomic mass is 9.58. The lowest BCUT2D eigenvalue weighted by molar-refractivity contribution is -0.117. The van der Waals surface area contributed by atoms with Gasteiger partial charge in [-0.2, -0.15) is 0 Å². The van der Waals surface area contributed by atoms with E-state index in [0.717, 1.165) is 89.3 Å². The summed E-state index contributed by atoms with van der Waals surface area (Å²) < 4.78 is 64.6. The molecule has 5 aliphatic heterocycles. The molecule has 10 nitrogen and oxygen atoms in total. The highest BCUT2D eigenvalue weighted by Crippen LogP contribution is 2.54.